The summed E-state index contributed by atoms with van der Waals surface area (Å²) in [4.78, 5) is 12.2. The lowest BCUT2D eigenvalue weighted by molar-refractivity contribution is -0.122. The fraction of sp³-hybridized carbons (Fsp3) is 0.588. The van der Waals surface area contributed by atoms with Crippen molar-refractivity contribution >= 4 is 5.91 Å². The smallest absolute Gasteiger partial charge is 0.224 e. The number of hydrogen-bond donors (Lipinski definition) is 2. The molecule has 5 heteroatoms. The van der Waals surface area contributed by atoms with Crippen molar-refractivity contribution in [2.45, 2.75) is 50.6 Å². The van der Waals surface area contributed by atoms with Gasteiger partial charge in [-0.25, -0.2) is 8.78 Å². The number of benzene rings is 1. The molecule has 0 aromatic heterocycles. The van der Waals surface area contributed by atoms with E-state index in [1.165, 1.54) is 18.6 Å². The maximum atomic E-state index is 13.7. The minimum absolute atomic E-state index is 0.107. The Balaban J connectivity index is 1.65. The Morgan fingerprint density at radius 1 is 1.23 bits per heavy atom. The molecule has 3 rings (SSSR count). The normalized spacial score (nSPS) is 30.9. The van der Waals surface area contributed by atoms with Crippen LogP contribution in [0.3, 0.4) is 0 Å². The predicted octanol–water partition coefficient (Wildman–Crippen LogP) is 2.53. The van der Waals surface area contributed by atoms with Crippen LogP contribution in [0.25, 0.3) is 0 Å². The van der Waals surface area contributed by atoms with Crippen LogP contribution in [-0.4, -0.2) is 18.0 Å². The molecule has 1 aromatic rings. The van der Waals surface area contributed by atoms with Gasteiger partial charge in [-0.15, -0.1) is 0 Å². The Hall–Kier alpha value is -1.49. The summed E-state index contributed by atoms with van der Waals surface area (Å²) in [5.41, 5.74) is 6.18. The summed E-state index contributed by atoms with van der Waals surface area (Å²) in [5, 5.41) is 3.05. The van der Waals surface area contributed by atoms with E-state index >= 15 is 0 Å². The Bertz CT molecular complexity index is 550. The summed E-state index contributed by atoms with van der Waals surface area (Å²) in [5.74, 6) is -1.23. The molecule has 2 fully saturated rings. The first-order valence-electron chi connectivity index (χ1n) is 8.02. The topological polar surface area (TPSA) is 55.1 Å². The van der Waals surface area contributed by atoms with Gasteiger partial charge in [0, 0.05) is 17.6 Å². The van der Waals surface area contributed by atoms with Crippen LogP contribution in [0.2, 0.25) is 0 Å². The summed E-state index contributed by atoms with van der Waals surface area (Å²) in [6.45, 7) is 0. The molecule has 22 heavy (non-hydrogen) atoms. The van der Waals surface area contributed by atoms with Crippen LogP contribution in [0.4, 0.5) is 8.78 Å². The molecule has 2 unspecified atom stereocenters. The zero-order valence-corrected chi connectivity index (χ0v) is 12.5. The number of halogens is 2. The molecule has 2 saturated carbocycles. The number of hydrogen-bond acceptors (Lipinski definition) is 2. The molecule has 2 aliphatic carbocycles. The molecule has 1 aromatic carbocycles. The van der Waals surface area contributed by atoms with E-state index in [4.69, 9.17) is 5.73 Å². The lowest BCUT2D eigenvalue weighted by atomic mass is 9.67. The predicted molar refractivity (Wildman–Crippen MR) is 80.0 cm³/mol. The standard InChI is InChI=1S/C17H22F2N2O/c18-14-6-2-3-10(16(14)19)9-15(22)21-17-11-4-1-5-12(17)8-13(20)7-11/h2-3,6,11-13,17H,1,4-5,7-9,20H2,(H,21,22). The van der Waals surface area contributed by atoms with Gasteiger partial charge in [-0.2, -0.15) is 0 Å². The zero-order valence-electron chi connectivity index (χ0n) is 12.5. The van der Waals surface area contributed by atoms with Crippen molar-refractivity contribution < 1.29 is 13.6 Å². The van der Waals surface area contributed by atoms with Gasteiger partial charge in [-0.05, 0) is 43.6 Å². The number of carbonyl (C=O) groups is 1. The first kappa shape index (κ1) is 15.4. The van der Waals surface area contributed by atoms with Gasteiger partial charge in [0.25, 0.3) is 0 Å². The first-order valence-corrected chi connectivity index (χ1v) is 8.02. The molecule has 0 saturated heterocycles. The van der Waals surface area contributed by atoms with Crippen LogP contribution in [0.5, 0.6) is 0 Å². The van der Waals surface area contributed by atoms with Gasteiger partial charge in [0.05, 0.1) is 6.42 Å². The monoisotopic (exact) mass is 308 g/mol. The van der Waals surface area contributed by atoms with E-state index in [1.54, 1.807) is 0 Å². The van der Waals surface area contributed by atoms with Gasteiger partial charge in [0.2, 0.25) is 5.91 Å². The number of carbonyl (C=O) groups excluding carboxylic acids is 1. The highest BCUT2D eigenvalue weighted by molar-refractivity contribution is 5.79. The second kappa shape index (κ2) is 6.32. The fourth-order valence-electron chi connectivity index (χ4n) is 4.12. The van der Waals surface area contributed by atoms with Gasteiger partial charge in [-0.1, -0.05) is 18.6 Å². The molecule has 2 bridgehead atoms. The van der Waals surface area contributed by atoms with Crippen LogP contribution in [-0.2, 0) is 11.2 Å². The summed E-state index contributed by atoms with van der Waals surface area (Å²) >= 11 is 0. The number of nitrogens with one attached hydrogen (secondary N) is 1. The summed E-state index contributed by atoms with van der Waals surface area (Å²) in [6.07, 6.45) is 5.12. The summed E-state index contributed by atoms with van der Waals surface area (Å²) < 4.78 is 26.8. The van der Waals surface area contributed by atoms with Crippen molar-refractivity contribution in [1.29, 1.82) is 0 Å². The molecule has 2 aliphatic rings. The lowest BCUT2D eigenvalue weighted by Crippen LogP contribution is -2.54. The second-order valence-corrected chi connectivity index (χ2v) is 6.67. The van der Waals surface area contributed by atoms with E-state index in [-0.39, 0.29) is 30.0 Å². The zero-order chi connectivity index (χ0) is 15.7. The number of rotatable bonds is 3. The largest absolute Gasteiger partial charge is 0.353 e. The van der Waals surface area contributed by atoms with Crippen molar-refractivity contribution in [3.05, 3.63) is 35.4 Å². The van der Waals surface area contributed by atoms with E-state index in [0.29, 0.717) is 11.8 Å². The molecule has 3 nitrogen and oxygen atoms in total. The molecule has 1 amide bonds. The van der Waals surface area contributed by atoms with Gasteiger partial charge in [-0.3, -0.25) is 4.79 Å². The highest BCUT2D eigenvalue weighted by atomic mass is 19.2. The number of fused-ring (bicyclic) bond motifs is 2. The molecule has 2 atom stereocenters. The van der Waals surface area contributed by atoms with Crippen molar-refractivity contribution in [3.63, 3.8) is 0 Å². The highest BCUT2D eigenvalue weighted by Gasteiger charge is 2.39. The number of nitrogens with two attached hydrogens (primary N) is 1. The third kappa shape index (κ3) is 3.14. The molecular weight excluding hydrogens is 286 g/mol. The average molecular weight is 308 g/mol. The minimum Gasteiger partial charge on any atom is -0.353 e. The SMILES string of the molecule is NC1CC2CCCC(C1)C2NC(=O)Cc1cccc(F)c1F. The Kier molecular flexibility index (Phi) is 4.43. The molecule has 0 heterocycles. The molecule has 3 N–H and O–H groups in total. The van der Waals surface area contributed by atoms with Crippen molar-refractivity contribution in [1.82, 2.24) is 5.32 Å². The Morgan fingerprint density at radius 2 is 1.91 bits per heavy atom. The maximum Gasteiger partial charge on any atom is 0.224 e. The Labute approximate surface area is 129 Å². The van der Waals surface area contributed by atoms with E-state index in [1.807, 2.05) is 0 Å². The highest BCUT2D eigenvalue weighted by Crippen LogP contribution is 2.39. The molecule has 0 spiro atoms. The minimum atomic E-state index is -0.927. The van der Waals surface area contributed by atoms with Crippen molar-refractivity contribution in [2.24, 2.45) is 17.6 Å². The van der Waals surface area contributed by atoms with Gasteiger partial charge in [0.15, 0.2) is 11.6 Å². The molecule has 120 valence electrons. The van der Waals surface area contributed by atoms with Gasteiger partial charge >= 0.3 is 0 Å². The third-order valence-electron chi connectivity index (χ3n) is 5.09. The van der Waals surface area contributed by atoms with E-state index in [9.17, 15) is 13.6 Å². The average Bonchev–Trinajstić information content (AvgIpc) is 2.45. The lowest BCUT2D eigenvalue weighted by Gasteiger charge is -2.45. The maximum absolute atomic E-state index is 13.7. The summed E-state index contributed by atoms with van der Waals surface area (Å²) in [7, 11) is 0. The quantitative estimate of drug-likeness (QED) is 0.901. The molecular formula is C17H22F2N2O. The number of amides is 1. The van der Waals surface area contributed by atoms with Crippen LogP contribution in [0, 0.1) is 23.5 Å². The second-order valence-electron chi connectivity index (χ2n) is 6.67. The van der Waals surface area contributed by atoms with E-state index in [0.717, 1.165) is 31.7 Å². The van der Waals surface area contributed by atoms with Crippen molar-refractivity contribution in [3.8, 4) is 0 Å². The first-order chi connectivity index (χ1) is 10.5. The van der Waals surface area contributed by atoms with Crippen LogP contribution < -0.4 is 11.1 Å². The van der Waals surface area contributed by atoms with E-state index in [2.05, 4.69) is 5.32 Å². The Morgan fingerprint density at radius 3 is 2.59 bits per heavy atom. The fourth-order valence-corrected chi connectivity index (χ4v) is 4.12. The third-order valence-corrected chi connectivity index (χ3v) is 5.09. The molecule has 0 radical (unpaired) electrons. The van der Waals surface area contributed by atoms with Crippen LogP contribution >= 0.6 is 0 Å². The van der Waals surface area contributed by atoms with E-state index < -0.39 is 11.6 Å². The van der Waals surface area contributed by atoms with Crippen LogP contribution in [0.15, 0.2) is 18.2 Å². The molecule has 0 aliphatic heterocycles. The van der Waals surface area contributed by atoms with Crippen molar-refractivity contribution in [2.75, 3.05) is 0 Å². The van der Waals surface area contributed by atoms with Crippen LogP contribution in [0.1, 0.15) is 37.7 Å². The summed E-state index contributed by atoms with van der Waals surface area (Å²) in [6, 6.07) is 4.30. The van der Waals surface area contributed by atoms with Gasteiger partial charge < -0.3 is 11.1 Å². The van der Waals surface area contributed by atoms with Gasteiger partial charge in [0.1, 0.15) is 0 Å².